The maximum absolute atomic E-state index is 10.7. The summed E-state index contributed by atoms with van der Waals surface area (Å²) in [7, 11) is -1.41. The lowest BCUT2D eigenvalue weighted by molar-refractivity contribution is -0.133. The Labute approximate surface area is 82.3 Å². The molecule has 0 aromatic heterocycles. The van der Waals surface area contributed by atoms with Crippen LogP contribution in [-0.4, -0.2) is 21.9 Å². The van der Waals surface area contributed by atoms with Gasteiger partial charge in [0.05, 0.1) is 0 Å². The van der Waals surface area contributed by atoms with Crippen molar-refractivity contribution in [1.82, 2.24) is 0 Å². The standard InChI is InChI=1S/C9H19O3Si/c1-7(2)6-11-13(8(3)4)12-9(5)10/h7-8H,6H2,1-5H3. The van der Waals surface area contributed by atoms with Crippen LogP contribution in [0.3, 0.4) is 0 Å². The van der Waals surface area contributed by atoms with E-state index >= 15 is 0 Å². The largest absolute Gasteiger partial charge is 0.492 e. The zero-order chi connectivity index (χ0) is 10.4. The molecule has 0 rings (SSSR count). The number of rotatable bonds is 5. The molecule has 0 aliphatic rings. The van der Waals surface area contributed by atoms with Gasteiger partial charge in [-0.2, -0.15) is 0 Å². The van der Waals surface area contributed by atoms with Crippen LogP contribution in [0.15, 0.2) is 0 Å². The Bertz CT molecular complexity index is 157. The van der Waals surface area contributed by atoms with Gasteiger partial charge in [0.2, 0.25) is 0 Å². The Hall–Kier alpha value is -0.353. The van der Waals surface area contributed by atoms with Gasteiger partial charge in [-0.15, -0.1) is 0 Å². The first-order valence-electron chi connectivity index (χ1n) is 4.61. The molecule has 0 aliphatic heterocycles. The van der Waals surface area contributed by atoms with Gasteiger partial charge in [0.1, 0.15) is 0 Å². The van der Waals surface area contributed by atoms with E-state index in [2.05, 4.69) is 13.8 Å². The highest BCUT2D eigenvalue weighted by Crippen LogP contribution is 2.11. The van der Waals surface area contributed by atoms with Gasteiger partial charge in [-0.1, -0.05) is 27.7 Å². The van der Waals surface area contributed by atoms with E-state index in [1.807, 2.05) is 13.8 Å². The van der Waals surface area contributed by atoms with Gasteiger partial charge in [-0.25, -0.2) is 0 Å². The average Bonchev–Trinajstić information content (AvgIpc) is 1.96. The summed E-state index contributed by atoms with van der Waals surface area (Å²) in [6.07, 6.45) is 0. The second kappa shape index (κ2) is 6.15. The van der Waals surface area contributed by atoms with Gasteiger partial charge in [-0.05, 0) is 5.92 Å². The summed E-state index contributed by atoms with van der Waals surface area (Å²) in [5.41, 5.74) is 0.299. The minimum Gasteiger partial charge on any atom is -0.492 e. The van der Waals surface area contributed by atoms with E-state index in [9.17, 15) is 4.79 Å². The lowest BCUT2D eigenvalue weighted by Crippen LogP contribution is -2.29. The third-order valence-corrected chi connectivity index (χ3v) is 3.16. The fourth-order valence-corrected chi connectivity index (χ4v) is 2.11. The second-order valence-corrected chi connectivity index (χ2v) is 6.06. The average molecular weight is 203 g/mol. The van der Waals surface area contributed by atoms with Crippen molar-refractivity contribution in [1.29, 1.82) is 0 Å². The minimum absolute atomic E-state index is 0.244. The van der Waals surface area contributed by atoms with Crippen LogP contribution in [-0.2, 0) is 13.6 Å². The van der Waals surface area contributed by atoms with Crippen LogP contribution < -0.4 is 0 Å². The third-order valence-electron chi connectivity index (χ3n) is 1.27. The highest BCUT2D eigenvalue weighted by molar-refractivity contribution is 6.48. The lowest BCUT2D eigenvalue weighted by Gasteiger charge is -2.17. The van der Waals surface area contributed by atoms with Crippen LogP contribution >= 0.6 is 0 Å². The fourth-order valence-electron chi connectivity index (χ4n) is 0.704. The summed E-state index contributed by atoms with van der Waals surface area (Å²) in [6.45, 7) is 10.3. The first-order chi connectivity index (χ1) is 5.93. The third kappa shape index (κ3) is 6.78. The molecule has 0 heterocycles. The van der Waals surface area contributed by atoms with Crippen LogP contribution in [0, 0.1) is 5.92 Å². The van der Waals surface area contributed by atoms with Crippen LogP contribution in [0.2, 0.25) is 5.54 Å². The Morgan fingerprint density at radius 2 is 1.85 bits per heavy atom. The van der Waals surface area contributed by atoms with E-state index in [4.69, 9.17) is 8.85 Å². The summed E-state index contributed by atoms with van der Waals surface area (Å²) in [5.74, 6) is 0.237. The van der Waals surface area contributed by atoms with E-state index in [-0.39, 0.29) is 5.97 Å². The first kappa shape index (κ1) is 12.6. The molecule has 0 saturated carbocycles. The molecular formula is C9H19O3Si. The van der Waals surface area contributed by atoms with E-state index in [0.717, 1.165) is 0 Å². The molecular weight excluding hydrogens is 184 g/mol. The minimum atomic E-state index is -1.41. The summed E-state index contributed by atoms with van der Waals surface area (Å²) >= 11 is 0. The van der Waals surface area contributed by atoms with Crippen molar-refractivity contribution in [3.05, 3.63) is 0 Å². The molecule has 0 atom stereocenters. The van der Waals surface area contributed by atoms with Crippen molar-refractivity contribution in [2.75, 3.05) is 6.61 Å². The zero-order valence-electron chi connectivity index (χ0n) is 9.09. The van der Waals surface area contributed by atoms with Crippen molar-refractivity contribution >= 4 is 15.3 Å². The molecule has 4 heteroatoms. The maximum Gasteiger partial charge on any atom is 0.462 e. The van der Waals surface area contributed by atoms with Gasteiger partial charge in [0.15, 0.2) is 0 Å². The molecule has 77 valence electrons. The number of hydrogen-bond acceptors (Lipinski definition) is 3. The Balaban J connectivity index is 3.88. The molecule has 0 fully saturated rings. The predicted octanol–water partition coefficient (Wildman–Crippen LogP) is 2.12. The maximum atomic E-state index is 10.7. The molecule has 0 saturated heterocycles. The number of carbonyl (C=O) groups excluding carboxylic acids is 1. The van der Waals surface area contributed by atoms with Gasteiger partial charge in [0, 0.05) is 19.1 Å². The number of carbonyl (C=O) groups is 1. The van der Waals surface area contributed by atoms with Crippen LogP contribution in [0.1, 0.15) is 34.6 Å². The van der Waals surface area contributed by atoms with Crippen LogP contribution in [0.25, 0.3) is 0 Å². The van der Waals surface area contributed by atoms with E-state index in [1.54, 1.807) is 0 Å². The Morgan fingerprint density at radius 3 is 2.15 bits per heavy atom. The summed E-state index contributed by atoms with van der Waals surface area (Å²) in [6, 6.07) is 0. The second-order valence-electron chi connectivity index (χ2n) is 3.77. The smallest absolute Gasteiger partial charge is 0.462 e. The predicted molar refractivity (Wildman–Crippen MR) is 53.4 cm³/mol. The summed E-state index contributed by atoms with van der Waals surface area (Å²) < 4.78 is 10.6. The normalized spacial score (nSPS) is 11.4. The fraction of sp³-hybridized carbons (Fsp3) is 0.889. The molecule has 0 unspecified atom stereocenters. The molecule has 0 aromatic carbocycles. The molecule has 0 amide bonds. The van der Waals surface area contributed by atoms with Gasteiger partial charge < -0.3 is 8.85 Å². The van der Waals surface area contributed by atoms with Gasteiger partial charge >= 0.3 is 9.28 Å². The summed E-state index contributed by atoms with van der Waals surface area (Å²) in [4.78, 5) is 10.7. The molecule has 0 spiro atoms. The first-order valence-corrected chi connectivity index (χ1v) is 6.01. The van der Waals surface area contributed by atoms with Crippen molar-refractivity contribution in [2.45, 2.75) is 40.2 Å². The van der Waals surface area contributed by atoms with E-state index < -0.39 is 9.28 Å². The SMILES string of the molecule is CC(=O)O[Si](OCC(C)C)C(C)C. The lowest BCUT2D eigenvalue weighted by atomic mass is 10.2. The molecule has 0 N–H and O–H groups in total. The molecule has 3 nitrogen and oxygen atoms in total. The van der Waals surface area contributed by atoms with E-state index in [1.165, 1.54) is 6.92 Å². The number of hydrogen-bond donors (Lipinski definition) is 0. The van der Waals surface area contributed by atoms with Gasteiger partial charge in [0.25, 0.3) is 5.97 Å². The van der Waals surface area contributed by atoms with Gasteiger partial charge in [-0.3, -0.25) is 4.79 Å². The van der Waals surface area contributed by atoms with Crippen molar-refractivity contribution < 1.29 is 13.6 Å². The Kier molecular flexibility index (Phi) is 5.99. The quantitative estimate of drug-likeness (QED) is 0.642. The Morgan fingerprint density at radius 1 is 1.31 bits per heavy atom. The highest BCUT2D eigenvalue weighted by atomic mass is 28.3. The topological polar surface area (TPSA) is 35.5 Å². The van der Waals surface area contributed by atoms with Crippen molar-refractivity contribution in [3.8, 4) is 0 Å². The molecule has 0 aromatic rings. The monoisotopic (exact) mass is 203 g/mol. The molecule has 13 heavy (non-hydrogen) atoms. The highest BCUT2D eigenvalue weighted by Gasteiger charge is 2.24. The van der Waals surface area contributed by atoms with Crippen molar-refractivity contribution in [2.24, 2.45) is 5.92 Å². The van der Waals surface area contributed by atoms with Crippen molar-refractivity contribution in [3.63, 3.8) is 0 Å². The molecule has 1 radical (unpaired) electrons. The zero-order valence-corrected chi connectivity index (χ0v) is 10.1. The molecule has 0 aliphatic carbocycles. The molecule has 0 bridgehead atoms. The van der Waals surface area contributed by atoms with E-state index in [0.29, 0.717) is 18.1 Å². The van der Waals surface area contributed by atoms with Crippen LogP contribution in [0.4, 0.5) is 0 Å². The van der Waals surface area contributed by atoms with Crippen LogP contribution in [0.5, 0.6) is 0 Å². The summed E-state index contributed by atoms with van der Waals surface area (Å²) in [5, 5.41) is 0.